The number of likely N-dealkylation sites (N-methyl/N-ethyl adjacent to an activating group) is 1. The van der Waals surface area contributed by atoms with Crippen LogP contribution in [-0.2, 0) is 4.79 Å². The number of rotatable bonds is 5. The van der Waals surface area contributed by atoms with Crippen LogP contribution in [0.2, 0.25) is 0 Å². The van der Waals surface area contributed by atoms with Gasteiger partial charge in [0.1, 0.15) is 5.75 Å². The molecule has 0 fully saturated rings. The van der Waals surface area contributed by atoms with Crippen LogP contribution in [0.3, 0.4) is 0 Å². The molecule has 0 aromatic heterocycles. The van der Waals surface area contributed by atoms with Gasteiger partial charge in [0.25, 0.3) is 5.91 Å². The molecular weight excluding hydrogens is 433 g/mol. The second-order valence-electron chi connectivity index (χ2n) is 6.97. The van der Waals surface area contributed by atoms with Crippen molar-refractivity contribution in [3.8, 4) is 17.6 Å². The Morgan fingerprint density at radius 1 is 0.879 bits per heavy atom. The Balaban J connectivity index is 1.54. The predicted molar refractivity (Wildman–Crippen MR) is 118 cm³/mol. The SMILES string of the molecule is CN(CC(=O)Nc1ccc(OC(F)(F)F)cc1)C(=O)c1ccc(C#Cc2ccccc2)cc1. The summed E-state index contributed by atoms with van der Waals surface area (Å²) in [6.45, 7) is -0.241. The van der Waals surface area contributed by atoms with E-state index in [9.17, 15) is 22.8 Å². The number of hydrogen-bond donors (Lipinski definition) is 1. The van der Waals surface area contributed by atoms with E-state index in [0.29, 0.717) is 5.56 Å². The standard InChI is InChI=1S/C25H19F3N2O3/c1-30(17-23(31)29-21-13-15-22(16-14-21)33-25(26,27)28)24(32)20-11-9-19(10-12-20)8-7-18-5-3-2-4-6-18/h2-6,9-16H,17H2,1H3,(H,29,31). The molecule has 0 saturated carbocycles. The van der Waals surface area contributed by atoms with Crippen molar-refractivity contribution in [1.82, 2.24) is 4.90 Å². The van der Waals surface area contributed by atoms with E-state index < -0.39 is 18.0 Å². The summed E-state index contributed by atoms with van der Waals surface area (Å²) in [7, 11) is 1.48. The van der Waals surface area contributed by atoms with Gasteiger partial charge < -0.3 is 15.0 Å². The van der Waals surface area contributed by atoms with Gasteiger partial charge in [0.05, 0.1) is 6.54 Å². The number of carbonyl (C=O) groups excluding carboxylic acids is 2. The molecule has 168 valence electrons. The van der Waals surface area contributed by atoms with Crippen molar-refractivity contribution < 1.29 is 27.5 Å². The van der Waals surface area contributed by atoms with E-state index in [4.69, 9.17) is 0 Å². The van der Waals surface area contributed by atoms with Crippen molar-refractivity contribution in [3.63, 3.8) is 0 Å². The number of amides is 2. The van der Waals surface area contributed by atoms with Crippen LogP contribution in [0, 0.1) is 11.8 Å². The molecule has 0 bridgehead atoms. The van der Waals surface area contributed by atoms with E-state index in [2.05, 4.69) is 21.9 Å². The molecule has 0 radical (unpaired) electrons. The number of benzene rings is 3. The third kappa shape index (κ3) is 7.43. The lowest BCUT2D eigenvalue weighted by Gasteiger charge is -2.17. The van der Waals surface area contributed by atoms with Gasteiger partial charge in [-0.1, -0.05) is 30.0 Å². The molecule has 33 heavy (non-hydrogen) atoms. The zero-order valence-electron chi connectivity index (χ0n) is 17.5. The number of alkyl halides is 3. The van der Waals surface area contributed by atoms with Gasteiger partial charge in [-0.05, 0) is 60.7 Å². The van der Waals surface area contributed by atoms with E-state index in [1.807, 2.05) is 30.3 Å². The van der Waals surface area contributed by atoms with Crippen molar-refractivity contribution in [3.05, 3.63) is 95.6 Å². The maximum Gasteiger partial charge on any atom is 0.573 e. The Bertz CT molecular complexity index is 1160. The lowest BCUT2D eigenvalue weighted by atomic mass is 10.1. The first-order valence-electron chi connectivity index (χ1n) is 9.78. The summed E-state index contributed by atoms with van der Waals surface area (Å²) in [6, 6.07) is 20.9. The number of halogens is 3. The van der Waals surface area contributed by atoms with Crippen molar-refractivity contribution in [2.75, 3.05) is 18.9 Å². The van der Waals surface area contributed by atoms with Gasteiger partial charge in [0.15, 0.2) is 0 Å². The predicted octanol–water partition coefficient (Wildman–Crippen LogP) is 4.70. The zero-order valence-corrected chi connectivity index (χ0v) is 17.5. The largest absolute Gasteiger partial charge is 0.573 e. The highest BCUT2D eigenvalue weighted by atomic mass is 19.4. The van der Waals surface area contributed by atoms with E-state index >= 15 is 0 Å². The van der Waals surface area contributed by atoms with E-state index in [1.165, 1.54) is 24.1 Å². The average Bonchev–Trinajstić information content (AvgIpc) is 2.78. The van der Waals surface area contributed by atoms with Gasteiger partial charge in [0, 0.05) is 29.4 Å². The highest BCUT2D eigenvalue weighted by Gasteiger charge is 2.31. The fraction of sp³-hybridized carbons (Fsp3) is 0.120. The minimum Gasteiger partial charge on any atom is -0.406 e. The second-order valence-corrected chi connectivity index (χ2v) is 6.97. The Hall–Kier alpha value is -4.25. The normalized spacial score (nSPS) is 10.5. The maximum absolute atomic E-state index is 12.6. The molecule has 2 amide bonds. The summed E-state index contributed by atoms with van der Waals surface area (Å²) in [4.78, 5) is 26.0. The summed E-state index contributed by atoms with van der Waals surface area (Å²) in [5, 5.41) is 2.52. The number of ether oxygens (including phenoxy) is 1. The number of anilines is 1. The van der Waals surface area contributed by atoms with Crippen molar-refractivity contribution in [2.45, 2.75) is 6.36 Å². The Labute approximate surface area is 188 Å². The van der Waals surface area contributed by atoms with E-state index in [0.717, 1.165) is 23.3 Å². The molecule has 0 heterocycles. The minimum atomic E-state index is -4.79. The Morgan fingerprint density at radius 2 is 1.45 bits per heavy atom. The highest BCUT2D eigenvalue weighted by molar-refractivity contribution is 5.99. The van der Waals surface area contributed by atoms with Gasteiger partial charge in [-0.2, -0.15) is 0 Å². The van der Waals surface area contributed by atoms with Crippen LogP contribution in [0.25, 0.3) is 0 Å². The highest BCUT2D eigenvalue weighted by Crippen LogP contribution is 2.24. The molecule has 3 rings (SSSR count). The molecular formula is C25H19F3N2O3. The van der Waals surface area contributed by atoms with Gasteiger partial charge in [-0.3, -0.25) is 9.59 Å². The smallest absolute Gasteiger partial charge is 0.406 e. The second kappa shape index (κ2) is 10.4. The first-order chi connectivity index (χ1) is 15.7. The quantitative estimate of drug-likeness (QED) is 0.571. The van der Waals surface area contributed by atoms with Crippen LogP contribution in [-0.4, -0.2) is 36.7 Å². The van der Waals surface area contributed by atoms with Gasteiger partial charge in [-0.15, -0.1) is 13.2 Å². The lowest BCUT2D eigenvalue weighted by molar-refractivity contribution is -0.274. The summed E-state index contributed by atoms with van der Waals surface area (Å²) in [5.41, 5.74) is 2.29. The molecule has 0 aliphatic carbocycles. The summed E-state index contributed by atoms with van der Waals surface area (Å²) in [5.74, 6) is 4.80. The average molecular weight is 452 g/mol. The van der Waals surface area contributed by atoms with Crippen LogP contribution in [0.4, 0.5) is 18.9 Å². The van der Waals surface area contributed by atoms with Gasteiger partial charge in [0.2, 0.25) is 5.91 Å². The number of carbonyl (C=O) groups is 2. The van der Waals surface area contributed by atoms with E-state index in [-0.39, 0.29) is 18.1 Å². The Morgan fingerprint density at radius 3 is 2.03 bits per heavy atom. The van der Waals surface area contributed by atoms with Gasteiger partial charge in [-0.25, -0.2) is 0 Å². The molecule has 0 atom stereocenters. The molecule has 1 N–H and O–H groups in total. The minimum absolute atomic E-state index is 0.241. The van der Waals surface area contributed by atoms with Crippen molar-refractivity contribution >= 4 is 17.5 Å². The fourth-order valence-electron chi connectivity index (χ4n) is 2.81. The van der Waals surface area contributed by atoms with E-state index in [1.54, 1.807) is 24.3 Å². The van der Waals surface area contributed by atoms with Crippen LogP contribution < -0.4 is 10.1 Å². The molecule has 3 aromatic carbocycles. The van der Waals surface area contributed by atoms with Crippen molar-refractivity contribution in [2.24, 2.45) is 0 Å². The third-order valence-corrected chi connectivity index (χ3v) is 4.36. The number of hydrogen-bond acceptors (Lipinski definition) is 3. The lowest BCUT2D eigenvalue weighted by Crippen LogP contribution is -2.34. The van der Waals surface area contributed by atoms with Crippen LogP contribution in [0.1, 0.15) is 21.5 Å². The summed E-state index contributed by atoms with van der Waals surface area (Å²) in [6.07, 6.45) is -4.79. The van der Waals surface area contributed by atoms with Crippen molar-refractivity contribution in [1.29, 1.82) is 0 Å². The van der Waals surface area contributed by atoms with Gasteiger partial charge >= 0.3 is 6.36 Å². The topological polar surface area (TPSA) is 58.6 Å². The third-order valence-electron chi connectivity index (χ3n) is 4.36. The molecule has 0 saturated heterocycles. The summed E-state index contributed by atoms with van der Waals surface area (Å²) < 4.78 is 40.4. The number of nitrogens with zero attached hydrogens (tertiary/aromatic N) is 1. The molecule has 5 nitrogen and oxygen atoms in total. The fourth-order valence-corrected chi connectivity index (χ4v) is 2.81. The first kappa shape index (κ1) is 23.4. The van der Waals surface area contributed by atoms with Crippen LogP contribution >= 0.6 is 0 Å². The van der Waals surface area contributed by atoms with Crippen LogP contribution in [0.5, 0.6) is 5.75 Å². The molecule has 0 unspecified atom stereocenters. The molecule has 0 aliphatic heterocycles. The molecule has 3 aromatic rings. The molecule has 0 spiro atoms. The monoisotopic (exact) mass is 452 g/mol. The van der Waals surface area contributed by atoms with Crippen LogP contribution in [0.15, 0.2) is 78.9 Å². The Kier molecular flexibility index (Phi) is 7.36. The number of nitrogens with one attached hydrogen (secondary N) is 1. The maximum atomic E-state index is 12.6. The molecule has 0 aliphatic rings. The molecule has 8 heteroatoms. The first-order valence-corrected chi connectivity index (χ1v) is 9.78. The summed E-state index contributed by atoms with van der Waals surface area (Å²) >= 11 is 0. The zero-order chi connectivity index (χ0) is 23.8.